The molecule has 1 atom stereocenters. The first-order valence-corrected chi connectivity index (χ1v) is 12.4. The average Bonchev–Trinajstić information content (AvgIpc) is 2.79. The maximum absolute atomic E-state index is 12.7. The molecule has 174 valence electrons. The summed E-state index contributed by atoms with van der Waals surface area (Å²) in [7, 11) is -3.73. The van der Waals surface area contributed by atoms with Gasteiger partial charge in [-0.2, -0.15) is 0 Å². The lowest BCUT2D eigenvalue weighted by Gasteiger charge is -2.15. The number of carbonyl (C=O) groups is 1. The normalized spacial score (nSPS) is 12.1. The highest BCUT2D eigenvalue weighted by Gasteiger charge is 2.16. The first-order valence-electron chi connectivity index (χ1n) is 10.9. The van der Waals surface area contributed by atoms with Gasteiger partial charge in [-0.1, -0.05) is 48.0 Å². The largest absolute Gasteiger partial charge is 0.484 e. The highest BCUT2D eigenvalue weighted by Crippen LogP contribution is 2.23. The summed E-state index contributed by atoms with van der Waals surface area (Å²) in [6.45, 7) is 5.52. The molecule has 3 rings (SSSR count). The summed E-state index contributed by atoms with van der Waals surface area (Å²) in [6, 6.07) is 21.8. The highest BCUT2D eigenvalue weighted by atomic mass is 32.2. The van der Waals surface area contributed by atoms with E-state index < -0.39 is 10.0 Å². The number of hydrogen-bond donors (Lipinski definition) is 2. The van der Waals surface area contributed by atoms with Gasteiger partial charge in [-0.3, -0.25) is 9.52 Å². The highest BCUT2D eigenvalue weighted by molar-refractivity contribution is 7.92. The Bertz CT molecular complexity index is 1180. The first kappa shape index (κ1) is 24.3. The molecule has 0 aromatic heterocycles. The standard InChI is InChI=1S/C26H30N2O4S/c1-19-9-13-23(14-10-19)28-33(30,31)24-15-16-25(20(2)17-24)32-18-26(29)27-21(3)11-12-22-7-5-4-6-8-22/h4-10,13-17,21,28H,11-12,18H2,1-3H3,(H,27,29)/t21-/m1/s1. The van der Waals surface area contributed by atoms with Gasteiger partial charge >= 0.3 is 0 Å². The summed E-state index contributed by atoms with van der Waals surface area (Å²) in [4.78, 5) is 12.4. The minimum Gasteiger partial charge on any atom is -0.484 e. The van der Waals surface area contributed by atoms with Crippen LogP contribution >= 0.6 is 0 Å². The number of sulfonamides is 1. The molecule has 0 radical (unpaired) electrons. The Morgan fingerprint density at radius 1 is 0.970 bits per heavy atom. The number of hydrogen-bond acceptors (Lipinski definition) is 4. The van der Waals surface area contributed by atoms with Crippen LogP contribution in [0, 0.1) is 13.8 Å². The zero-order chi connectivity index (χ0) is 23.8. The van der Waals surface area contributed by atoms with Gasteiger partial charge in [-0.15, -0.1) is 0 Å². The quantitative estimate of drug-likeness (QED) is 0.457. The van der Waals surface area contributed by atoms with Crippen LogP contribution in [0.5, 0.6) is 5.75 Å². The summed E-state index contributed by atoms with van der Waals surface area (Å²) in [6.07, 6.45) is 1.71. The SMILES string of the molecule is Cc1ccc(NS(=O)(=O)c2ccc(OCC(=O)N[C@H](C)CCc3ccccc3)c(C)c2)cc1. The van der Waals surface area contributed by atoms with E-state index in [1.54, 1.807) is 25.1 Å². The molecule has 0 bridgehead atoms. The van der Waals surface area contributed by atoms with E-state index >= 15 is 0 Å². The van der Waals surface area contributed by atoms with Crippen LogP contribution in [0.1, 0.15) is 30.0 Å². The molecule has 7 heteroatoms. The van der Waals surface area contributed by atoms with Crippen molar-refractivity contribution in [3.63, 3.8) is 0 Å². The fraction of sp³-hybridized carbons (Fsp3) is 0.269. The van der Waals surface area contributed by atoms with Crippen molar-refractivity contribution in [1.82, 2.24) is 5.32 Å². The Morgan fingerprint density at radius 2 is 1.67 bits per heavy atom. The lowest BCUT2D eigenvalue weighted by Crippen LogP contribution is -2.36. The molecule has 33 heavy (non-hydrogen) atoms. The van der Waals surface area contributed by atoms with Gasteiger partial charge in [0.1, 0.15) is 5.75 Å². The molecule has 0 saturated heterocycles. The van der Waals surface area contributed by atoms with Gasteiger partial charge in [0, 0.05) is 11.7 Å². The van der Waals surface area contributed by atoms with Gasteiger partial charge < -0.3 is 10.1 Å². The second-order valence-corrected chi connectivity index (χ2v) is 9.86. The third-order valence-corrected chi connectivity index (χ3v) is 6.61. The molecule has 0 fully saturated rings. The maximum Gasteiger partial charge on any atom is 0.261 e. The summed E-state index contributed by atoms with van der Waals surface area (Å²) in [5, 5.41) is 2.94. The van der Waals surface area contributed by atoms with Crippen LogP contribution in [-0.4, -0.2) is 27.0 Å². The van der Waals surface area contributed by atoms with Crippen molar-refractivity contribution in [3.05, 3.63) is 89.5 Å². The molecule has 0 aliphatic rings. The van der Waals surface area contributed by atoms with E-state index in [0.717, 1.165) is 18.4 Å². The predicted molar refractivity (Wildman–Crippen MR) is 131 cm³/mol. The van der Waals surface area contributed by atoms with E-state index in [1.165, 1.54) is 17.7 Å². The minimum atomic E-state index is -3.73. The Balaban J connectivity index is 1.52. The summed E-state index contributed by atoms with van der Waals surface area (Å²) in [5.41, 5.74) is 3.41. The van der Waals surface area contributed by atoms with Crippen molar-refractivity contribution in [2.45, 2.75) is 44.6 Å². The van der Waals surface area contributed by atoms with Crippen molar-refractivity contribution in [2.75, 3.05) is 11.3 Å². The van der Waals surface area contributed by atoms with E-state index in [1.807, 2.05) is 44.2 Å². The number of aryl methyl sites for hydroxylation is 3. The lowest BCUT2D eigenvalue weighted by atomic mass is 10.1. The number of carbonyl (C=O) groups excluding carboxylic acids is 1. The second kappa shape index (κ2) is 11.0. The van der Waals surface area contributed by atoms with Gasteiger partial charge in [0.25, 0.3) is 15.9 Å². The molecule has 0 aliphatic heterocycles. The van der Waals surface area contributed by atoms with E-state index in [-0.39, 0.29) is 23.5 Å². The van der Waals surface area contributed by atoms with Crippen LogP contribution in [-0.2, 0) is 21.2 Å². The number of anilines is 1. The Kier molecular flexibility index (Phi) is 8.11. The van der Waals surface area contributed by atoms with Crippen LogP contribution in [0.3, 0.4) is 0 Å². The lowest BCUT2D eigenvalue weighted by molar-refractivity contribution is -0.123. The van der Waals surface area contributed by atoms with E-state index in [0.29, 0.717) is 17.0 Å². The number of ether oxygens (including phenoxy) is 1. The molecule has 3 aromatic rings. The van der Waals surface area contributed by atoms with E-state index in [9.17, 15) is 13.2 Å². The Labute approximate surface area is 196 Å². The molecule has 0 saturated carbocycles. The molecule has 0 heterocycles. The number of benzene rings is 3. The topological polar surface area (TPSA) is 84.5 Å². The molecular formula is C26H30N2O4S. The predicted octanol–water partition coefficient (Wildman–Crippen LogP) is 4.62. The summed E-state index contributed by atoms with van der Waals surface area (Å²) < 4.78 is 33.6. The molecule has 1 amide bonds. The molecule has 0 unspecified atom stereocenters. The van der Waals surface area contributed by atoms with Crippen LogP contribution < -0.4 is 14.8 Å². The smallest absolute Gasteiger partial charge is 0.261 e. The molecule has 3 aromatic carbocycles. The third-order valence-electron chi connectivity index (χ3n) is 5.24. The van der Waals surface area contributed by atoms with Crippen LogP contribution in [0.2, 0.25) is 0 Å². The molecule has 2 N–H and O–H groups in total. The monoisotopic (exact) mass is 466 g/mol. The van der Waals surface area contributed by atoms with Crippen molar-refractivity contribution < 1.29 is 17.9 Å². The number of nitrogens with one attached hydrogen (secondary N) is 2. The van der Waals surface area contributed by atoms with Crippen molar-refractivity contribution >= 4 is 21.6 Å². The second-order valence-electron chi connectivity index (χ2n) is 8.18. The Morgan fingerprint density at radius 3 is 2.33 bits per heavy atom. The van der Waals surface area contributed by atoms with Crippen molar-refractivity contribution in [1.29, 1.82) is 0 Å². The first-order chi connectivity index (χ1) is 15.7. The van der Waals surface area contributed by atoms with Gasteiger partial charge in [0.2, 0.25) is 0 Å². The van der Waals surface area contributed by atoms with Crippen LogP contribution in [0.15, 0.2) is 77.7 Å². The van der Waals surface area contributed by atoms with Crippen molar-refractivity contribution in [3.8, 4) is 5.75 Å². The minimum absolute atomic E-state index is 0.0165. The third kappa shape index (κ3) is 7.36. The summed E-state index contributed by atoms with van der Waals surface area (Å²) in [5.74, 6) is 0.254. The maximum atomic E-state index is 12.7. The fourth-order valence-corrected chi connectivity index (χ4v) is 4.49. The van der Waals surface area contributed by atoms with E-state index in [4.69, 9.17) is 4.74 Å². The Hall–Kier alpha value is -3.32. The van der Waals surface area contributed by atoms with Gasteiger partial charge in [-0.25, -0.2) is 8.42 Å². The summed E-state index contributed by atoms with van der Waals surface area (Å²) >= 11 is 0. The fourth-order valence-electron chi connectivity index (χ4n) is 3.35. The van der Waals surface area contributed by atoms with Gasteiger partial charge in [0.05, 0.1) is 4.90 Å². The zero-order valence-corrected chi connectivity index (χ0v) is 20.0. The van der Waals surface area contributed by atoms with E-state index in [2.05, 4.69) is 22.2 Å². The zero-order valence-electron chi connectivity index (χ0n) is 19.2. The van der Waals surface area contributed by atoms with Crippen molar-refractivity contribution in [2.24, 2.45) is 0 Å². The van der Waals surface area contributed by atoms with Gasteiger partial charge in [0.15, 0.2) is 6.61 Å². The van der Waals surface area contributed by atoms with Crippen LogP contribution in [0.25, 0.3) is 0 Å². The average molecular weight is 467 g/mol. The molecular weight excluding hydrogens is 436 g/mol. The van der Waals surface area contributed by atoms with Crippen LogP contribution in [0.4, 0.5) is 5.69 Å². The molecule has 0 aliphatic carbocycles. The molecule has 6 nitrogen and oxygen atoms in total. The molecule has 0 spiro atoms. The number of rotatable bonds is 10. The number of amides is 1. The van der Waals surface area contributed by atoms with Gasteiger partial charge in [-0.05, 0) is 75.1 Å².